The highest BCUT2D eigenvalue weighted by molar-refractivity contribution is 5.85. The highest BCUT2D eigenvalue weighted by atomic mass is 16.5. The van der Waals surface area contributed by atoms with E-state index in [1.165, 1.54) is 6.92 Å². The van der Waals surface area contributed by atoms with Gasteiger partial charge in [0.1, 0.15) is 6.04 Å². The summed E-state index contributed by atoms with van der Waals surface area (Å²) in [5.74, 6) is 0.636. The summed E-state index contributed by atoms with van der Waals surface area (Å²) in [4.78, 5) is 38.2. The summed E-state index contributed by atoms with van der Waals surface area (Å²) in [6.07, 6.45) is 11.2. The molecule has 4 atom stereocenters. The maximum absolute atomic E-state index is 13.7. The Bertz CT molecular complexity index is 820. The zero-order valence-electron chi connectivity index (χ0n) is 22.8. The van der Waals surface area contributed by atoms with Crippen LogP contribution in [0.15, 0.2) is 48.4 Å². The third-order valence-electron chi connectivity index (χ3n) is 6.92. The lowest BCUT2D eigenvalue weighted by atomic mass is 9.91. The number of hydrogen-bond acceptors (Lipinski definition) is 5. The predicted molar refractivity (Wildman–Crippen MR) is 145 cm³/mol. The van der Waals surface area contributed by atoms with Gasteiger partial charge in [0, 0.05) is 31.8 Å². The van der Waals surface area contributed by atoms with Crippen molar-refractivity contribution in [2.24, 2.45) is 5.92 Å². The van der Waals surface area contributed by atoms with E-state index in [9.17, 15) is 14.4 Å². The van der Waals surface area contributed by atoms with E-state index in [0.29, 0.717) is 25.9 Å². The summed E-state index contributed by atoms with van der Waals surface area (Å²) < 4.78 is 5.17. The Kier molecular flexibility index (Phi) is 14.3. The monoisotopic (exact) mass is 502 g/mol. The quantitative estimate of drug-likeness (QED) is 0.170. The van der Waals surface area contributed by atoms with Crippen LogP contribution in [0.5, 0.6) is 0 Å². The van der Waals surface area contributed by atoms with Crippen molar-refractivity contribution < 1.29 is 19.1 Å². The third kappa shape index (κ3) is 9.91. The third-order valence-corrected chi connectivity index (χ3v) is 6.92. The lowest BCUT2D eigenvalue weighted by molar-refractivity contribution is -0.138. The van der Waals surface area contributed by atoms with Crippen molar-refractivity contribution in [2.75, 3.05) is 20.2 Å². The molecule has 0 radical (unpaired) electrons. The van der Waals surface area contributed by atoms with Crippen LogP contribution in [0.3, 0.4) is 0 Å². The van der Waals surface area contributed by atoms with Crippen molar-refractivity contribution in [3.63, 3.8) is 0 Å². The summed E-state index contributed by atoms with van der Waals surface area (Å²) in [5, 5.41) is 8.95. The average Bonchev–Trinajstić information content (AvgIpc) is 2.98. The van der Waals surface area contributed by atoms with Crippen LogP contribution < -0.4 is 16.0 Å². The van der Waals surface area contributed by atoms with E-state index in [2.05, 4.69) is 42.1 Å². The lowest BCUT2D eigenvalue weighted by Gasteiger charge is -2.38. The molecule has 1 rings (SSSR count). The maximum atomic E-state index is 13.7. The van der Waals surface area contributed by atoms with Crippen LogP contribution in [0.25, 0.3) is 0 Å². The Balaban J connectivity index is 2.88. The highest BCUT2D eigenvalue weighted by Crippen LogP contribution is 2.29. The number of rotatable bonds is 16. The van der Waals surface area contributed by atoms with Crippen LogP contribution in [-0.4, -0.2) is 61.4 Å². The molecule has 3 N–H and O–H groups in total. The zero-order valence-corrected chi connectivity index (χ0v) is 22.8. The van der Waals surface area contributed by atoms with Gasteiger partial charge in [-0.15, -0.1) is 0 Å². The summed E-state index contributed by atoms with van der Waals surface area (Å²) in [7, 11) is 1.65. The fourth-order valence-electron chi connectivity index (χ4n) is 4.62. The molecular formula is C28H46N4O4. The molecule has 0 aromatic heterocycles. The molecule has 36 heavy (non-hydrogen) atoms. The Morgan fingerprint density at radius 2 is 1.94 bits per heavy atom. The lowest BCUT2D eigenvalue weighted by Crippen LogP contribution is -2.55. The molecule has 0 aromatic carbocycles. The van der Waals surface area contributed by atoms with E-state index in [1.54, 1.807) is 7.11 Å². The molecule has 3 amide bonds. The predicted octanol–water partition coefficient (Wildman–Crippen LogP) is 3.58. The Morgan fingerprint density at radius 1 is 1.22 bits per heavy atom. The molecule has 202 valence electrons. The zero-order chi connectivity index (χ0) is 27.1. The molecule has 0 aliphatic carbocycles. The first kappa shape index (κ1) is 31.0. The number of nitrogens with one attached hydrogen (secondary N) is 3. The first-order valence-electron chi connectivity index (χ1n) is 12.9. The van der Waals surface area contributed by atoms with E-state index < -0.39 is 6.04 Å². The van der Waals surface area contributed by atoms with Crippen LogP contribution in [0.1, 0.15) is 66.2 Å². The number of amides is 3. The second-order valence-electron chi connectivity index (χ2n) is 9.29. The fraction of sp³-hybridized carbons (Fsp3) is 0.607. The molecule has 4 unspecified atom stereocenters. The molecule has 1 aliphatic heterocycles. The van der Waals surface area contributed by atoms with Gasteiger partial charge in [0.05, 0.1) is 18.9 Å². The largest absolute Gasteiger partial charge is 0.502 e. The topological polar surface area (TPSA) is 99.8 Å². The maximum Gasteiger partial charge on any atom is 0.246 e. The molecule has 0 saturated carbocycles. The molecule has 1 fully saturated rings. The molecule has 1 saturated heterocycles. The van der Waals surface area contributed by atoms with Gasteiger partial charge in [-0.25, -0.2) is 0 Å². The van der Waals surface area contributed by atoms with Crippen LogP contribution in [0, 0.1) is 5.92 Å². The van der Waals surface area contributed by atoms with Crippen molar-refractivity contribution in [3.05, 3.63) is 48.4 Å². The first-order chi connectivity index (χ1) is 17.2. The Morgan fingerprint density at radius 3 is 2.53 bits per heavy atom. The minimum atomic E-state index is -0.623. The van der Waals surface area contributed by atoms with E-state index >= 15 is 0 Å². The number of carbonyl (C=O) groups excluding carboxylic acids is 3. The first-order valence-corrected chi connectivity index (χ1v) is 12.9. The summed E-state index contributed by atoms with van der Waals surface area (Å²) in [5.41, 5.74) is 1.89. The average molecular weight is 503 g/mol. The summed E-state index contributed by atoms with van der Waals surface area (Å²) in [6, 6.07) is -0.815. The van der Waals surface area contributed by atoms with Crippen molar-refractivity contribution in [3.8, 4) is 0 Å². The number of ether oxygens (including phenoxy) is 1. The smallest absolute Gasteiger partial charge is 0.246 e. The van der Waals surface area contributed by atoms with Crippen molar-refractivity contribution in [1.29, 1.82) is 0 Å². The van der Waals surface area contributed by atoms with Gasteiger partial charge in [-0.2, -0.15) is 0 Å². The summed E-state index contributed by atoms with van der Waals surface area (Å²) >= 11 is 0. The van der Waals surface area contributed by atoms with Crippen LogP contribution in [-0.2, 0) is 19.1 Å². The van der Waals surface area contributed by atoms with Crippen molar-refractivity contribution in [2.45, 2.75) is 84.3 Å². The second kappa shape index (κ2) is 16.6. The minimum Gasteiger partial charge on any atom is -0.502 e. The summed E-state index contributed by atoms with van der Waals surface area (Å²) in [6.45, 7) is 16.7. The van der Waals surface area contributed by atoms with E-state index in [4.69, 9.17) is 4.74 Å². The van der Waals surface area contributed by atoms with Gasteiger partial charge in [0.2, 0.25) is 18.2 Å². The molecular weight excluding hydrogens is 456 g/mol. The Hall–Kier alpha value is -3.03. The van der Waals surface area contributed by atoms with E-state index in [-0.39, 0.29) is 29.8 Å². The number of allylic oxidation sites excluding steroid dienone is 4. The van der Waals surface area contributed by atoms with Gasteiger partial charge in [-0.3, -0.25) is 14.4 Å². The molecule has 1 aliphatic rings. The van der Waals surface area contributed by atoms with Gasteiger partial charge >= 0.3 is 0 Å². The number of likely N-dealkylation sites (tertiary alicyclic amines) is 1. The minimum absolute atomic E-state index is 0.0434. The van der Waals surface area contributed by atoms with E-state index in [0.717, 1.165) is 49.1 Å². The van der Waals surface area contributed by atoms with Crippen LogP contribution in [0.2, 0.25) is 0 Å². The van der Waals surface area contributed by atoms with Crippen LogP contribution >= 0.6 is 0 Å². The number of hydrogen-bond donors (Lipinski definition) is 3. The number of carbonyl (C=O) groups is 3. The van der Waals surface area contributed by atoms with Gasteiger partial charge in [0.25, 0.3) is 0 Å². The van der Waals surface area contributed by atoms with Crippen molar-refractivity contribution in [1.82, 2.24) is 20.9 Å². The molecule has 8 heteroatoms. The van der Waals surface area contributed by atoms with E-state index in [1.807, 2.05) is 30.9 Å². The van der Waals surface area contributed by atoms with Gasteiger partial charge in [-0.1, -0.05) is 37.8 Å². The van der Waals surface area contributed by atoms with Crippen molar-refractivity contribution >= 4 is 18.2 Å². The Labute approximate surface area is 217 Å². The number of nitrogens with zero attached hydrogens (tertiary/aromatic N) is 1. The second-order valence-corrected chi connectivity index (χ2v) is 9.29. The highest BCUT2D eigenvalue weighted by Gasteiger charge is 2.40. The molecule has 8 nitrogen and oxygen atoms in total. The fourth-order valence-corrected chi connectivity index (χ4v) is 4.62. The van der Waals surface area contributed by atoms with Gasteiger partial charge < -0.3 is 25.6 Å². The standard InChI is InChI=1S/C28H46N4O4/c1-8-24(12-10-11-20(3)36-7)15-17-29-21(4)22(5)32-26(9-2)14-13-25(16-18-30-23(6)34)27(28(32)35)31-19-33/h8,11-12,19,22,25-27,29H,1,4,9-10,13-18H2,2-3,5-7H3,(H,30,34)(H,31,33)/b20-11+,24-12?. The normalized spacial score (nSPS) is 21.8. The molecule has 1 heterocycles. The number of methoxy groups -OCH3 is 1. The SMILES string of the molecule is C=CC(=CC/C=C(\C)OC)CCNC(=C)C(C)N1C(=O)C(NC=O)C(CCNC(C)=O)CCC1CC. The molecule has 0 aromatic rings. The van der Waals surface area contributed by atoms with Crippen LogP contribution in [0.4, 0.5) is 0 Å². The van der Waals surface area contributed by atoms with Gasteiger partial charge in [0.15, 0.2) is 0 Å². The molecule has 0 spiro atoms. The van der Waals surface area contributed by atoms with Gasteiger partial charge in [-0.05, 0) is 64.4 Å². The molecule has 0 bridgehead atoms.